The van der Waals surface area contributed by atoms with Crippen molar-refractivity contribution in [2.24, 2.45) is 0 Å². The van der Waals surface area contributed by atoms with Gasteiger partial charge in [0.2, 0.25) is 0 Å². The van der Waals surface area contributed by atoms with Crippen molar-refractivity contribution in [1.29, 1.82) is 0 Å². The number of hydrogen-bond acceptors (Lipinski definition) is 2. The van der Waals surface area contributed by atoms with Crippen molar-refractivity contribution < 1.29 is 5.11 Å². The van der Waals surface area contributed by atoms with Gasteiger partial charge in [0.05, 0.1) is 0 Å². The van der Waals surface area contributed by atoms with E-state index in [0.717, 1.165) is 0 Å². The molecular formula is C3H5NO. The number of aliphatic hydroxyl groups is 1. The van der Waals surface area contributed by atoms with Gasteiger partial charge in [-0.25, -0.2) is 0 Å². The van der Waals surface area contributed by atoms with E-state index in [1.807, 2.05) is 0 Å². The molecule has 0 bridgehead atoms. The second-order valence-corrected chi connectivity index (χ2v) is 0.487. The quantitative estimate of drug-likeness (QED) is 0.298. The van der Waals surface area contributed by atoms with Gasteiger partial charge in [-0.05, 0) is 0 Å². The summed E-state index contributed by atoms with van der Waals surface area (Å²) in [7, 11) is 1.63. The normalized spacial score (nSPS) is 4.20. The molecule has 0 aromatic carbocycles. The van der Waals surface area contributed by atoms with Crippen LogP contribution >= 0.6 is 0 Å². The predicted octanol–water partition coefficient (Wildman–Crippen LogP) is -0.503. The summed E-state index contributed by atoms with van der Waals surface area (Å²) in [5, 5.41) is 10.0. The van der Waals surface area contributed by atoms with E-state index in [9.17, 15) is 0 Å². The Morgan fingerprint density at radius 3 is 2.40 bits per heavy atom. The number of rotatable bonds is 0. The van der Waals surface area contributed by atoms with Crippen LogP contribution in [0.2, 0.25) is 0 Å². The Morgan fingerprint density at radius 1 is 1.80 bits per heavy atom. The molecule has 0 spiro atoms. The first-order chi connectivity index (χ1) is 2.41. The summed E-state index contributed by atoms with van der Waals surface area (Å²) in [4.78, 5) is 0. The Morgan fingerprint density at radius 2 is 2.40 bits per heavy atom. The van der Waals surface area contributed by atoms with Crippen LogP contribution in [0.3, 0.4) is 0 Å². The van der Waals surface area contributed by atoms with Gasteiger partial charge in [0.25, 0.3) is 0 Å². The molecule has 0 fully saturated rings. The van der Waals surface area contributed by atoms with Crippen LogP contribution < -0.4 is 5.32 Å². The summed E-state index contributed by atoms with van der Waals surface area (Å²) >= 11 is 0. The Kier molecular flexibility index (Phi) is 2.63. The van der Waals surface area contributed by atoms with Crippen molar-refractivity contribution in [1.82, 2.24) is 5.32 Å². The van der Waals surface area contributed by atoms with Gasteiger partial charge in [0.1, 0.15) is 6.11 Å². The van der Waals surface area contributed by atoms with Crippen LogP contribution in [-0.2, 0) is 0 Å². The van der Waals surface area contributed by atoms with E-state index in [1.165, 1.54) is 0 Å². The van der Waals surface area contributed by atoms with E-state index in [0.29, 0.717) is 0 Å². The third-order valence-electron chi connectivity index (χ3n) is 0.181. The van der Waals surface area contributed by atoms with Gasteiger partial charge in [0.15, 0.2) is 0 Å². The number of hydrogen-bond donors (Lipinski definition) is 2. The molecule has 0 atom stereocenters. The molecule has 0 unspecified atom stereocenters. The van der Waals surface area contributed by atoms with Crippen molar-refractivity contribution in [3.05, 3.63) is 0 Å². The maximum absolute atomic E-state index is 7.64. The summed E-state index contributed by atoms with van der Waals surface area (Å²) in [6.45, 7) is 0. The lowest BCUT2D eigenvalue weighted by molar-refractivity contribution is 0.515. The van der Waals surface area contributed by atoms with E-state index >= 15 is 0 Å². The summed E-state index contributed by atoms with van der Waals surface area (Å²) in [5.41, 5.74) is 0. The van der Waals surface area contributed by atoms with E-state index < -0.39 is 0 Å². The van der Waals surface area contributed by atoms with Gasteiger partial charge in [-0.2, -0.15) is 0 Å². The molecule has 2 heteroatoms. The van der Waals surface area contributed by atoms with Crippen LogP contribution in [-0.4, -0.2) is 12.2 Å². The molecule has 0 aromatic heterocycles. The van der Waals surface area contributed by atoms with Crippen LogP contribution in [0.1, 0.15) is 0 Å². The molecule has 0 rings (SSSR count). The smallest absolute Gasteiger partial charge is 0.131 e. The Hall–Kier alpha value is -0.840. The third-order valence-corrected chi connectivity index (χ3v) is 0.181. The standard InChI is InChI=1S/C3H5NO/c1-4-2-3-5/h4-5H,1H3. The summed E-state index contributed by atoms with van der Waals surface area (Å²) < 4.78 is 0. The highest BCUT2D eigenvalue weighted by molar-refractivity contribution is 4.83. The fraction of sp³-hybridized carbons (Fsp3) is 0.333. The molecule has 0 saturated carbocycles. The highest BCUT2D eigenvalue weighted by atomic mass is 16.2. The number of nitrogens with one attached hydrogen (secondary N) is 1. The van der Waals surface area contributed by atoms with Crippen LogP contribution in [0.25, 0.3) is 0 Å². The highest BCUT2D eigenvalue weighted by Crippen LogP contribution is 1.28. The minimum atomic E-state index is 1.63. The molecule has 2 nitrogen and oxygen atoms in total. The molecule has 0 saturated heterocycles. The fourth-order valence-corrected chi connectivity index (χ4v) is 0.0559. The Balaban J connectivity index is 2.81. The van der Waals surface area contributed by atoms with E-state index in [-0.39, 0.29) is 0 Å². The Bertz CT molecular complexity index is 59.0. The van der Waals surface area contributed by atoms with Crippen LogP contribution in [0.15, 0.2) is 0 Å². The second kappa shape index (κ2) is 3.16. The van der Waals surface area contributed by atoms with Crippen molar-refractivity contribution >= 4 is 0 Å². The van der Waals surface area contributed by atoms with Gasteiger partial charge in [0, 0.05) is 13.1 Å². The number of aliphatic hydroxyl groups excluding tert-OH is 1. The molecule has 0 aliphatic heterocycles. The van der Waals surface area contributed by atoms with Gasteiger partial charge >= 0.3 is 0 Å². The molecule has 2 N–H and O–H groups in total. The molecule has 0 radical (unpaired) electrons. The zero-order valence-corrected chi connectivity index (χ0v) is 2.95. The topological polar surface area (TPSA) is 32.3 Å². The molecule has 0 aromatic rings. The first kappa shape index (κ1) is 4.16. The molecule has 5 heavy (non-hydrogen) atoms. The van der Waals surface area contributed by atoms with E-state index in [2.05, 4.69) is 11.4 Å². The maximum atomic E-state index is 7.64. The second-order valence-electron chi connectivity index (χ2n) is 0.487. The summed E-state index contributed by atoms with van der Waals surface area (Å²) in [5.74, 6) is 0. The predicted molar refractivity (Wildman–Crippen MR) is 18.8 cm³/mol. The van der Waals surface area contributed by atoms with Crippen molar-refractivity contribution in [2.75, 3.05) is 7.05 Å². The first-order valence-electron chi connectivity index (χ1n) is 1.22. The van der Waals surface area contributed by atoms with Gasteiger partial charge in [-0.3, -0.25) is 0 Å². The SMILES string of the molecule is CNC#CO. The first-order valence-corrected chi connectivity index (χ1v) is 1.22. The van der Waals surface area contributed by atoms with Crippen LogP contribution in [0, 0.1) is 12.2 Å². The zero-order valence-electron chi connectivity index (χ0n) is 2.95. The molecule has 0 heterocycles. The largest absolute Gasteiger partial charge is 0.461 e. The summed E-state index contributed by atoms with van der Waals surface area (Å²) in [6, 6.07) is 2.17. The monoisotopic (exact) mass is 71.0 g/mol. The average molecular weight is 71.1 g/mol. The third kappa shape index (κ3) is 3.16. The highest BCUT2D eigenvalue weighted by Gasteiger charge is 1.43. The van der Waals surface area contributed by atoms with Crippen molar-refractivity contribution in [3.63, 3.8) is 0 Å². The van der Waals surface area contributed by atoms with Gasteiger partial charge in [-0.15, -0.1) is 0 Å². The van der Waals surface area contributed by atoms with Crippen LogP contribution in [0.5, 0.6) is 0 Å². The lowest BCUT2D eigenvalue weighted by Crippen LogP contribution is -1.90. The van der Waals surface area contributed by atoms with E-state index in [4.69, 9.17) is 5.11 Å². The fourth-order valence-electron chi connectivity index (χ4n) is 0.0559. The van der Waals surface area contributed by atoms with Gasteiger partial charge < -0.3 is 10.4 Å². The van der Waals surface area contributed by atoms with Gasteiger partial charge in [-0.1, -0.05) is 0 Å². The minimum Gasteiger partial charge on any atom is -0.461 e. The minimum absolute atomic E-state index is 1.63. The molecule has 0 aliphatic rings. The zero-order chi connectivity index (χ0) is 4.12. The average Bonchev–Trinajstić information content (AvgIpc) is 1.41. The maximum Gasteiger partial charge on any atom is 0.131 e. The lowest BCUT2D eigenvalue weighted by atomic mass is 11.1. The molecular weight excluding hydrogens is 66.0 g/mol. The van der Waals surface area contributed by atoms with Crippen molar-refractivity contribution in [2.45, 2.75) is 0 Å². The lowest BCUT2D eigenvalue weighted by Gasteiger charge is -1.67. The molecule has 0 amide bonds. The summed E-state index contributed by atoms with van der Waals surface area (Å²) in [6.07, 6.45) is 1.66. The van der Waals surface area contributed by atoms with Crippen LogP contribution in [0.4, 0.5) is 0 Å². The Labute approximate surface area is 30.8 Å². The van der Waals surface area contributed by atoms with E-state index in [1.54, 1.807) is 13.2 Å². The van der Waals surface area contributed by atoms with Crippen molar-refractivity contribution in [3.8, 4) is 12.2 Å². The molecule has 28 valence electrons. The molecule has 0 aliphatic carbocycles.